The number of sulfone groups is 1. The number of alkyl halides is 7. The zero-order chi connectivity index (χ0) is 20.0. The fourth-order valence-electron chi connectivity index (χ4n) is 2.53. The minimum Gasteiger partial charge on any atom is -0.490 e. The molecule has 0 atom stereocenters. The van der Waals surface area contributed by atoms with Gasteiger partial charge in [0, 0.05) is 25.7 Å². The second-order valence-electron chi connectivity index (χ2n) is 6.25. The van der Waals surface area contributed by atoms with Crippen LogP contribution in [0.4, 0.5) is 30.7 Å². The lowest BCUT2D eigenvalue weighted by Gasteiger charge is -2.36. The van der Waals surface area contributed by atoms with Crippen LogP contribution in [-0.2, 0) is 14.6 Å². The van der Waals surface area contributed by atoms with Crippen LogP contribution in [-0.4, -0.2) is 31.9 Å². The Kier molecular flexibility index (Phi) is 5.26. The molecule has 0 heterocycles. The van der Waals surface area contributed by atoms with E-state index in [4.69, 9.17) is 4.74 Å². The summed E-state index contributed by atoms with van der Waals surface area (Å²) in [6.07, 6.45) is -4.26. The van der Waals surface area contributed by atoms with Gasteiger partial charge in [-0.25, -0.2) is 26.0 Å². The second kappa shape index (κ2) is 6.58. The summed E-state index contributed by atoms with van der Waals surface area (Å²) in [5.74, 6) is -6.93. The molecule has 0 radical (unpaired) electrons. The van der Waals surface area contributed by atoms with Crippen molar-refractivity contribution in [2.45, 2.75) is 55.6 Å². The van der Waals surface area contributed by atoms with Gasteiger partial charge in [-0.1, -0.05) is 6.58 Å². The number of hydrogen-bond acceptors (Lipinski definition) is 3. The van der Waals surface area contributed by atoms with Crippen LogP contribution in [0.5, 0.6) is 0 Å². The van der Waals surface area contributed by atoms with E-state index in [0.29, 0.717) is 6.08 Å². The van der Waals surface area contributed by atoms with E-state index in [1.54, 1.807) is 0 Å². The second-order valence-corrected chi connectivity index (χ2v) is 8.25. The van der Waals surface area contributed by atoms with Crippen LogP contribution in [0.3, 0.4) is 0 Å². The van der Waals surface area contributed by atoms with E-state index in [9.17, 15) is 39.2 Å². The summed E-state index contributed by atoms with van der Waals surface area (Å²) in [7, 11) is -5.81. The van der Waals surface area contributed by atoms with Crippen molar-refractivity contribution in [3.8, 4) is 0 Å². The monoisotopic (exact) mass is 408 g/mol. The maximum atomic E-state index is 13.9. The largest absolute Gasteiger partial charge is 0.501 e. The predicted molar refractivity (Wildman–Crippen MR) is 78.1 cm³/mol. The van der Waals surface area contributed by atoms with Gasteiger partial charge in [-0.05, 0) is 24.1 Å². The average Bonchev–Trinajstić information content (AvgIpc) is 2.45. The van der Waals surface area contributed by atoms with Gasteiger partial charge in [0.05, 0.1) is 4.91 Å². The lowest BCUT2D eigenvalue weighted by molar-refractivity contribution is -0.150. The Morgan fingerprint density at radius 2 is 1.65 bits per heavy atom. The number of hydrogen-bond donors (Lipinski definition) is 0. The predicted octanol–water partition coefficient (Wildman–Crippen LogP) is 4.88. The molecule has 0 unspecified atom stereocenters. The molecule has 0 bridgehead atoms. The molecule has 11 heteroatoms. The molecule has 0 saturated heterocycles. The van der Waals surface area contributed by atoms with Crippen LogP contribution in [0.2, 0.25) is 0 Å². The Hall–Kier alpha value is -1.52. The first kappa shape index (κ1) is 20.8. The summed E-state index contributed by atoms with van der Waals surface area (Å²) < 4.78 is 120. The van der Waals surface area contributed by atoms with E-state index in [0.717, 1.165) is 6.08 Å². The first-order valence-electron chi connectivity index (χ1n) is 7.46. The van der Waals surface area contributed by atoms with Gasteiger partial charge in [-0.2, -0.15) is 13.2 Å². The van der Waals surface area contributed by atoms with Gasteiger partial charge in [0.25, 0.3) is 21.7 Å². The van der Waals surface area contributed by atoms with Crippen LogP contribution >= 0.6 is 0 Å². The van der Waals surface area contributed by atoms with Gasteiger partial charge in [-0.15, -0.1) is 0 Å². The summed E-state index contributed by atoms with van der Waals surface area (Å²) in [4.78, 5) is -1.25. The molecule has 3 nitrogen and oxygen atoms in total. The fourth-order valence-corrected chi connectivity index (χ4v) is 3.44. The normalized spacial score (nSPS) is 26.5. The van der Waals surface area contributed by atoms with Crippen molar-refractivity contribution in [3.05, 3.63) is 35.0 Å². The van der Waals surface area contributed by atoms with Crippen LogP contribution in [0.1, 0.15) is 32.1 Å². The number of ether oxygens (including phenoxy) is 1. The lowest BCUT2D eigenvalue weighted by atomic mass is 9.90. The van der Waals surface area contributed by atoms with Crippen molar-refractivity contribution in [1.82, 2.24) is 0 Å². The van der Waals surface area contributed by atoms with Crippen molar-refractivity contribution in [3.63, 3.8) is 0 Å². The zero-order valence-electron chi connectivity index (χ0n) is 13.3. The summed E-state index contributed by atoms with van der Waals surface area (Å²) in [5.41, 5.74) is -5.96. The molecule has 26 heavy (non-hydrogen) atoms. The summed E-state index contributed by atoms with van der Waals surface area (Å²) in [6.45, 7) is 3.36. The highest BCUT2D eigenvalue weighted by atomic mass is 32.2. The van der Waals surface area contributed by atoms with Crippen molar-refractivity contribution in [2.75, 3.05) is 0 Å². The average molecular weight is 408 g/mol. The zero-order valence-corrected chi connectivity index (χ0v) is 14.1. The maximum absolute atomic E-state index is 13.9. The van der Waals surface area contributed by atoms with Gasteiger partial charge in [0.1, 0.15) is 11.9 Å². The van der Waals surface area contributed by atoms with E-state index >= 15 is 0 Å². The molecular formula is C15H15F7O3S. The molecule has 2 aliphatic rings. The molecule has 0 N–H and O–H groups in total. The van der Waals surface area contributed by atoms with Gasteiger partial charge >= 0.3 is 5.51 Å². The van der Waals surface area contributed by atoms with Crippen LogP contribution < -0.4 is 0 Å². The molecule has 0 aromatic carbocycles. The van der Waals surface area contributed by atoms with E-state index in [1.165, 1.54) is 0 Å². The first-order valence-corrected chi connectivity index (χ1v) is 8.94. The third kappa shape index (κ3) is 4.60. The summed E-state index contributed by atoms with van der Waals surface area (Å²) >= 11 is 0. The maximum Gasteiger partial charge on any atom is 0.501 e. The SMILES string of the molecule is C=C1CC(F)(F)CC/C(S(=O)(=O)C(F)(F)F)=C\C=C1OC1CC(F)(F)C1. The van der Waals surface area contributed by atoms with Crippen LogP contribution in [0.25, 0.3) is 0 Å². The molecule has 0 aliphatic heterocycles. The summed E-state index contributed by atoms with van der Waals surface area (Å²) in [6, 6.07) is 0. The fraction of sp³-hybridized carbons (Fsp3) is 0.600. The van der Waals surface area contributed by atoms with Crippen LogP contribution in [0.15, 0.2) is 35.0 Å². The minimum atomic E-state index is -5.81. The number of halogens is 7. The van der Waals surface area contributed by atoms with Crippen molar-refractivity contribution in [1.29, 1.82) is 0 Å². The topological polar surface area (TPSA) is 43.4 Å². The van der Waals surface area contributed by atoms with Gasteiger partial charge < -0.3 is 4.74 Å². The van der Waals surface area contributed by atoms with E-state index in [1.807, 2.05) is 0 Å². The molecule has 1 fully saturated rings. The quantitative estimate of drug-likeness (QED) is 0.626. The molecule has 148 valence electrons. The first-order chi connectivity index (χ1) is 11.6. The smallest absolute Gasteiger partial charge is 0.490 e. The molecule has 2 rings (SSSR count). The Balaban J connectivity index is 2.36. The highest BCUT2D eigenvalue weighted by Crippen LogP contribution is 2.43. The van der Waals surface area contributed by atoms with E-state index < -0.39 is 76.1 Å². The number of rotatable bonds is 3. The number of allylic oxidation sites excluding steroid dienone is 4. The standard InChI is InChI=1S/C15H15F7O3S/c1-9-6-13(16,17)5-4-11(26(23,24)15(20,21)22)2-3-12(9)25-10-7-14(18,19)8-10/h2-3,10H,1,4-8H2/b11-2+,12-3?. The molecular weight excluding hydrogens is 393 g/mol. The third-order valence-corrected chi connectivity index (χ3v) is 5.61. The highest BCUT2D eigenvalue weighted by molar-refractivity contribution is 7.96. The van der Waals surface area contributed by atoms with Crippen molar-refractivity contribution < 1.29 is 43.9 Å². The Morgan fingerprint density at radius 1 is 1.08 bits per heavy atom. The van der Waals surface area contributed by atoms with Gasteiger partial charge in [0.2, 0.25) is 0 Å². The lowest BCUT2D eigenvalue weighted by Crippen LogP contribution is -2.41. The van der Waals surface area contributed by atoms with E-state index in [-0.39, 0.29) is 5.57 Å². The summed E-state index contributed by atoms with van der Waals surface area (Å²) in [5, 5.41) is 0. The van der Waals surface area contributed by atoms with E-state index in [2.05, 4.69) is 6.58 Å². The minimum absolute atomic E-state index is 0.313. The van der Waals surface area contributed by atoms with Gasteiger partial charge in [0.15, 0.2) is 0 Å². The third-order valence-electron chi connectivity index (χ3n) is 3.97. The Morgan fingerprint density at radius 3 is 2.15 bits per heavy atom. The Bertz CT molecular complexity index is 740. The molecule has 0 spiro atoms. The molecule has 0 amide bonds. The highest BCUT2D eigenvalue weighted by Gasteiger charge is 2.49. The van der Waals surface area contributed by atoms with Gasteiger partial charge in [-0.3, -0.25) is 0 Å². The van der Waals surface area contributed by atoms with Crippen LogP contribution in [0, 0.1) is 0 Å². The molecule has 0 aromatic rings. The Labute approximate surface area is 145 Å². The van der Waals surface area contributed by atoms with Crippen molar-refractivity contribution in [2.24, 2.45) is 0 Å². The van der Waals surface area contributed by atoms with Crippen molar-refractivity contribution >= 4 is 9.84 Å². The molecule has 0 aromatic heterocycles. The molecule has 2 aliphatic carbocycles. The molecule has 1 saturated carbocycles.